The van der Waals surface area contributed by atoms with Crippen LogP contribution in [0.25, 0.3) is 0 Å². The lowest BCUT2D eigenvalue weighted by atomic mass is 9.96. The highest BCUT2D eigenvalue weighted by atomic mass is 16.8. The molecular formula is C50H86O28. The van der Waals surface area contributed by atoms with Gasteiger partial charge in [-0.1, -0.05) is 30.2 Å². The smallest absolute Gasteiger partial charge is 0.187 e. The number of aliphatic hydroxyl groups excluding tert-OH is 16. The molecule has 0 aromatic rings. The van der Waals surface area contributed by atoms with Gasteiger partial charge in [0.15, 0.2) is 37.7 Å². The van der Waals surface area contributed by atoms with Crippen LogP contribution in [0.2, 0.25) is 0 Å². The van der Waals surface area contributed by atoms with Crippen molar-refractivity contribution in [2.24, 2.45) is 5.92 Å². The molecule has 0 aromatic carbocycles. The molecule has 0 amide bonds. The maximum Gasteiger partial charge on any atom is 0.187 e. The van der Waals surface area contributed by atoms with Gasteiger partial charge >= 0.3 is 0 Å². The van der Waals surface area contributed by atoms with Gasteiger partial charge in [-0.15, -0.1) is 0 Å². The van der Waals surface area contributed by atoms with Crippen LogP contribution in [0.5, 0.6) is 0 Å². The molecule has 6 saturated heterocycles. The Morgan fingerprint density at radius 1 is 0.462 bits per heavy atom. The van der Waals surface area contributed by atoms with Crippen molar-refractivity contribution < 1.29 is 139 Å². The van der Waals surface area contributed by atoms with Gasteiger partial charge in [-0.05, 0) is 72.6 Å². The molecule has 6 aliphatic rings. The van der Waals surface area contributed by atoms with Gasteiger partial charge in [0.2, 0.25) is 0 Å². The van der Waals surface area contributed by atoms with E-state index in [0.29, 0.717) is 19.3 Å². The number of hydrogen-bond donors (Lipinski definition) is 16. The molecule has 16 N–H and O–H groups in total. The number of ether oxygens (including phenoxy) is 12. The van der Waals surface area contributed by atoms with E-state index in [-0.39, 0.29) is 19.1 Å². The molecule has 0 saturated carbocycles. The standard InChI is InChI=1S/C50H86O28/c1-19(10-8-12-21(3)17-68-50-44(78-48-40(66)36(62)30(56)24(6)72-48)41(32(58)27(16-52)74-50)75-45-37(63)31(57)25(53)18-69-45)9-7-11-20(2)13-14-67-49-43(77-47-39(65)35(61)29(55)23(5)71-47)42(33(59)26(15-51)73-49)76-46-38(64)34(60)28(54)22(4)70-46/h9,13,21-66H,7-8,10-12,14-18H2,1-6H3/b19-9+,20-13+/t21-,22-,23-,24-,25-,26+,27+,28-,29-,30-,31-,32+,33+,34+,35+,36+,37+,38+,39+,40+,41-,42-,43+,44+,45-,46-,47-,48-,49+,50+/m0/s1. The lowest BCUT2D eigenvalue weighted by molar-refractivity contribution is -0.388. The second kappa shape index (κ2) is 29.7. The Labute approximate surface area is 451 Å². The fraction of sp³-hybridized carbons (Fsp3) is 0.920. The summed E-state index contributed by atoms with van der Waals surface area (Å²) in [5, 5.41) is 169. The van der Waals surface area contributed by atoms with Crippen LogP contribution in [0.4, 0.5) is 0 Å². The Kier molecular flexibility index (Phi) is 25.0. The molecule has 28 heteroatoms. The zero-order valence-corrected chi connectivity index (χ0v) is 44.6. The zero-order valence-electron chi connectivity index (χ0n) is 44.6. The Morgan fingerprint density at radius 3 is 1.33 bits per heavy atom. The van der Waals surface area contributed by atoms with Crippen molar-refractivity contribution in [3.05, 3.63) is 23.3 Å². The van der Waals surface area contributed by atoms with Gasteiger partial charge in [0.25, 0.3) is 0 Å². The monoisotopic (exact) mass is 1130 g/mol. The molecule has 0 bridgehead atoms. The van der Waals surface area contributed by atoms with Crippen molar-refractivity contribution in [3.63, 3.8) is 0 Å². The summed E-state index contributed by atoms with van der Waals surface area (Å²) in [7, 11) is 0. The first kappa shape index (κ1) is 65.5. The van der Waals surface area contributed by atoms with Crippen LogP contribution < -0.4 is 0 Å². The van der Waals surface area contributed by atoms with Crippen molar-refractivity contribution in [2.45, 2.75) is 252 Å². The van der Waals surface area contributed by atoms with Crippen molar-refractivity contribution in [1.82, 2.24) is 0 Å². The summed E-state index contributed by atoms with van der Waals surface area (Å²) < 4.78 is 70.5. The molecule has 6 aliphatic heterocycles. The number of hydrogen-bond acceptors (Lipinski definition) is 28. The summed E-state index contributed by atoms with van der Waals surface area (Å²) in [4.78, 5) is 0. The molecule has 0 unspecified atom stereocenters. The summed E-state index contributed by atoms with van der Waals surface area (Å²) in [6.07, 6.45) is -37.1. The molecule has 28 nitrogen and oxygen atoms in total. The Morgan fingerprint density at radius 2 is 0.872 bits per heavy atom. The Bertz CT molecular complexity index is 1850. The molecule has 6 rings (SSSR count). The second-order valence-corrected chi connectivity index (χ2v) is 21.4. The lowest BCUT2D eigenvalue weighted by Gasteiger charge is -2.48. The number of aliphatic hydroxyl groups is 16. The Balaban J connectivity index is 1.03. The molecule has 0 aromatic heterocycles. The minimum atomic E-state index is -1.80. The van der Waals surface area contributed by atoms with Crippen molar-refractivity contribution >= 4 is 0 Å². The third-order valence-corrected chi connectivity index (χ3v) is 15.2. The summed E-state index contributed by atoms with van der Waals surface area (Å²) >= 11 is 0. The molecule has 78 heavy (non-hydrogen) atoms. The van der Waals surface area contributed by atoms with Crippen LogP contribution in [-0.2, 0) is 56.8 Å². The van der Waals surface area contributed by atoms with Gasteiger partial charge < -0.3 is 139 Å². The largest absolute Gasteiger partial charge is 0.394 e. The topological polar surface area (TPSA) is 434 Å². The van der Waals surface area contributed by atoms with Gasteiger partial charge in [0, 0.05) is 0 Å². The highest BCUT2D eigenvalue weighted by molar-refractivity contribution is 5.05. The Hall–Kier alpha value is -1.64. The van der Waals surface area contributed by atoms with E-state index in [0.717, 1.165) is 24.0 Å². The maximum absolute atomic E-state index is 11.4. The molecule has 6 fully saturated rings. The van der Waals surface area contributed by atoms with Crippen LogP contribution in [-0.4, -0.2) is 293 Å². The molecular weight excluding hydrogens is 1050 g/mol. The van der Waals surface area contributed by atoms with E-state index in [2.05, 4.69) is 6.08 Å². The van der Waals surface area contributed by atoms with Crippen molar-refractivity contribution in [3.8, 4) is 0 Å². The zero-order chi connectivity index (χ0) is 57.4. The SMILES string of the molecule is C/C(=C\CO[C@@H]1O[C@H](CO)[C@@H](O)[C@H](O[C@@H]2O[C@@H](C)[C@H](O)[C@@H](O)[C@H]2O)[C@H]1O[C@@H]1O[C@@H](C)[C@H](O)[C@@H](O)[C@H]1O)CC/C=C(\C)CCC[C@H](C)CO[C@@H]1O[C@H](CO)[C@@H](O)[C@H](O[C@@H]2OC[C@H](O)[C@H](O)[C@H]2O)[C@H]1O[C@@H]1O[C@@H](C)[C@H](O)[C@@H](O)[C@H]1O. The van der Waals surface area contributed by atoms with E-state index in [9.17, 15) is 81.7 Å². The molecule has 0 aliphatic carbocycles. The van der Waals surface area contributed by atoms with Gasteiger partial charge in [0.1, 0.15) is 122 Å². The molecule has 30 atom stereocenters. The summed E-state index contributed by atoms with van der Waals surface area (Å²) in [6.45, 7) is 8.18. The number of allylic oxidation sites excluding steroid dienone is 3. The first-order chi connectivity index (χ1) is 36.9. The maximum atomic E-state index is 11.4. The highest BCUT2D eigenvalue weighted by Crippen LogP contribution is 2.36. The summed E-state index contributed by atoms with van der Waals surface area (Å²) in [5.74, 6) is -0.100. The van der Waals surface area contributed by atoms with Crippen molar-refractivity contribution in [1.29, 1.82) is 0 Å². The van der Waals surface area contributed by atoms with E-state index in [4.69, 9.17) is 56.8 Å². The van der Waals surface area contributed by atoms with E-state index in [1.807, 2.05) is 20.8 Å². The fourth-order valence-corrected chi connectivity index (χ4v) is 9.95. The quantitative estimate of drug-likeness (QED) is 0.0424. The average Bonchev–Trinajstić information content (AvgIpc) is 3.43. The van der Waals surface area contributed by atoms with Gasteiger partial charge in [-0.2, -0.15) is 0 Å². The number of rotatable bonds is 23. The first-order valence-electron chi connectivity index (χ1n) is 26.7. The van der Waals surface area contributed by atoms with Crippen LogP contribution in [0, 0.1) is 5.92 Å². The lowest BCUT2D eigenvalue weighted by Crippen LogP contribution is -2.66. The molecule has 454 valence electrons. The molecule has 0 radical (unpaired) electrons. The fourth-order valence-electron chi connectivity index (χ4n) is 9.95. The van der Waals surface area contributed by atoms with E-state index < -0.39 is 198 Å². The van der Waals surface area contributed by atoms with Gasteiger partial charge in [-0.3, -0.25) is 0 Å². The average molecular weight is 1140 g/mol. The van der Waals surface area contributed by atoms with Crippen molar-refractivity contribution in [2.75, 3.05) is 33.0 Å². The van der Waals surface area contributed by atoms with Crippen LogP contribution in [0.15, 0.2) is 23.3 Å². The van der Waals surface area contributed by atoms with E-state index in [1.165, 1.54) is 20.8 Å². The third-order valence-electron chi connectivity index (χ3n) is 15.2. The van der Waals surface area contributed by atoms with Gasteiger partial charge in [0.05, 0.1) is 51.3 Å². The third kappa shape index (κ3) is 16.0. The van der Waals surface area contributed by atoms with Gasteiger partial charge in [-0.25, -0.2) is 0 Å². The molecule has 6 heterocycles. The first-order valence-corrected chi connectivity index (χ1v) is 26.7. The highest BCUT2D eigenvalue weighted by Gasteiger charge is 2.56. The predicted molar refractivity (Wildman–Crippen MR) is 259 cm³/mol. The van der Waals surface area contributed by atoms with E-state index >= 15 is 0 Å². The summed E-state index contributed by atoms with van der Waals surface area (Å²) in [6, 6.07) is 0. The minimum absolute atomic E-state index is 0.0581. The minimum Gasteiger partial charge on any atom is -0.394 e. The van der Waals surface area contributed by atoms with Crippen LogP contribution >= 0.6 is 0 Å². The predicted octanol–water partition coefficient (Wildman–Crippen LogP) is -5.88. The normalized spacial score (nSPS) is 47.5. The summed E-state index contributed by atoms with van der Waals surface area (Å²) in [5.41, 5.74) is 2.01. The van der Waals surface area contributed by atoms with E-state index in [1.54, 1.807) is 6.08 Å². The van der Waals surface area contributed by atoms with Crippen LogP contribution in [0.3, 0.4) is 0 Å². The molecule has 0 spiro atoms. The second-order valence-electron chi connectivity index (χ2n) is 21.4. The van der Waals surface area contributed by atoms with Crippen LogP contribution in [0.1, 0.15) is 73.6 Å².